The second kappa shape index (κ2) is 4.82. The van der Waals surface area contributed by atoms with Crippen molar-refractivity contribution in [3.63, 3.8) is 0 Å². The van der Waals surface area contributed by atoms with Gasteiger partial charge in [0.2, 0.25) is 0 Å². The highest BCUT2D eigenvalue weighted by Gasteiger charge is 2.51. The molecule has 1 N–H and O–H groups in total. The highest BCUT2D eigenvalue weighted by molar-refractivity contribution is 5.58. The number of aliphatic hydroxyl groups is 1. The van der Waals surface area contributed by atoms with E-state index in [-0.39, 0.29) is 12.7 Å². The highest BCUT2D eigenvalue weighted by Crippen LogP contribution is 2.46. The third-order valence-corrected chi connectivity index (χ3v) is 3.88. The lowest BCUT2D eigenvalue weighted by molar-refractivity contribution is -0.201. The molecule has 3 atom stereocenters. The van der Waals surface area contributed by atoms with Crippen LogP contribution in [-0.2, 0) is 14.3 Å². The quantitative estimate of drug-likeness (QED) is 0.585. The zero-order chi connectivity index (χ0) is 12.4. The molecule has 94 valence electrons. The fourth-order valence-electron chi connectivity index (χ4n) is 2.62. The van der Waals surface area contributed by atoms with Gasteiger partial charge in [0, 0.05) is 12.5 Å². The maximum Gasteiger partial charge on any atom is 0.147 e. The van der Waals surface area contributed by atoms with Crippen LogP contribution in [0.3, 0.4) is 0 Å². The van der Waals surface area contributed by atoms with Crippen LogP contribution >= 0.6 is 0 Å². The zero-order valence-electron chi connectivity index (χ0n) is 10.5. The molecule has 0 spiro atoms. The van der Waals surface area contributed by atoms with Gasteiger partial charge in [0.25, 0.3) is 0 Å². The van der Waals surface area contributed by atoms with Crippen LogP contribution in [0.2, 0.25) is 0 Å². The maximum atomic E-state index is 11.3. The van der Waals surface area contributed by atoms with Gasteiger partial charge in [-0.3, -0.25) is 0 Å². The average molecular weight is 230 g/mol. The first-order chi connectivity index (χ1) is 7.38. The summed E-state index contributed by atoms with van der Waals surface area (Å²) in [5, 5.41) is 9.95. The third-order valence-electron chi connectivity index (χ3n) is 3.88. The second-order valence-corrected chi connectivity index (χ2v) is 5.35. The molecule has 0 bridgehead atoms. The minimum Gasteiger partial charge on any atom is -0.393 e. The number of methoxy groups -OCH3 is 1. The first kappa shape index (κ1) is 13.6. The van der Waals surface area contributed by atoms with E-state index in [9.17, 15) is 9.90 Å². The SMILES string of the molecule is COCO[C@@]1(C)CC[C@H](O)C(C)(C)[C@@H]1C=O. The van der Waals surface area contributed by atoms with Crippen molar-refractivity contribution in [3.05, 3.63) is 0 Å². The predicted octanol–water partition coefficient (Wildman–Crippen LogP) is 1.36. The van der Waals surface area contributed by atoms with E-state index in [1.165, 1.54) is 0 Å². The molecule has 1 saturated carbocycles. The zero-order valence-corrected chi connectivity index (χ0v) is 10.5. The standard InChI is InChI=1S/C12H22O4/c1-11(2)9(7-13)12(3,16-8-15-4)6-5-10(11)14/h7,9-10,14H,5-6,8H2,1-4H3/t9-,10-,12-/m0/s1. The Bertz CT molecular complexity index is 247. The summed E-state index contributed by atoms with van der Waals surface area (Å²) in [5.41, 5.74) is -0.997. The van der Waals surface area contributed by atoms with Crippen molar-refractivity contribution in [2.45, 2.75) is 45.3 Å². The molecule has 0 amide bonds. The molecule has 0 aromatic rings. The predicted molar refractivity (Wildman–Crippen MR) is 59.9 cm³/mol. The molecule has 1 aliphatic rings. The molecule has 1 fully saturated rings. The van der Waals surface area contributed by atoms with E-state index in [0.29, 0.717) is 12.8 Å². The average Bonchev–Trinajstić information content (AvgIpc) is 2.22. The van der Waals surface area contributed by atoms with Gasteiger partial charge in [-0.05, 0) is 19.8 Å². The lowest BCUT2D eigenvalue weighted by Gasteiger charge is -2.50. The van der Waals surface area contributed by atoms with Crippen molar-refractivity contribution in [2.75, 3.05) is 13.9 Å². The van der Waals surface area contributed by atoms with Gasteiger partial charge in [-0.15, -0.1) is 0 Å². The second-order valence-electron chi connectivity index (χ2n) is 5.35. The largest absolute Gasteiger partial charge is 0.393 e. The molecule has 1 rings (SSSR count). The number of carbonyl (C=O) groups excluding carboxylic acids is 1. The Balaban J connectivity index is 2.89. The van der Waals surface area contributed by atoms with E-state index in [1.54, 1.807) is 7.11 Å². The Labute approximate surface area is 96.9 Å². The Hall–Kier alpha value is -0.450. The third kappa shape index (κ3) is 2.29. The minimum absolute atomic E-state index is 0.174. The van der Waals surface area contributed by atoms with Crippen LogP contribution in [0.15, 0.2) is 0 Å². The number of aldehydes is 1. The molecule has 0 aliphatic heterocycles. The van der Waals surface area contributed by atoms with Crippen molar-refractivity contribution in [1.29, 1.82) is 0 Å². The molecule has 0 heterocycles. The summed E-state index contributed by atoms with van der Waals surface area (Å²) >= 11 is 0. The van der Waals surface area contributed by atoms with Crippen LogP contribution in [0.25, 0.3) is 0 Å². The Morgan fingerprint density at radius 1 is 1.44 bits per heavy atom. The smallest absolute Gasteiger partial charge is 0.147 e. The number of ether oxygens (including phenoxy) is 2. The van der Waals surface area contributed by atoms with Crippen molar-refractivity contribution < 1.29 is 19.4 Å². The molecule has 0 aromatic heterocycles. The van der Waals surface area contributed by atoms with E-state index >= 15 is 0 Å². The van der Waals surface area contributed by atoms with Crippen LogP contribution < -0.4 is 0 Å². The van der Waals surface area contributed by atoms with Crippen LogP contribution in [-0.4, -0.2) is 37.0 Å². The van der Waals surface area contributed by atoms with Gasteiger partial charge >= 0.3 is 0 Å². The van der Waals surface area contributed by atoms with Gasteiger partial charge < -0.3 is 19.4 Å². The monoisotopic (exact) mass is 230 g/mol. The number of aliphatic hydroxyl groups excluding tert-OH is 1. The van der Waals surface area contributed by atoms with Crippen molar-refractivity contribution >= 4 is 6.29 Å². The molecule has 16 heavy (non-hydrogen) atoms. The Morgan fingerprint density at radius 3 is 2.56 bits per heavy atom. The van der Waals surface area contributed by atoms with Crippen LogP contribution in [0.5, 0.6) is 0 Å². The van der Waals surface area contributed by atoms with E-state index in [4.69, 9.17) is 9.47 Å². The summed E-state index contributed by atoms with van der Waals surface area (Å²) in [6, 6.07) is 0. The fourth-order valence-corrected chi connectivity index (χ4v) is 2.62. The molecule has 0 aromatic carbocycles. The first-order valence-electron chi connectivity index (χ1n) is 5.64. The summed E-state index contributed by atoms with van der Waals surface area (Å²) < 4.78 is 10.5. The van der Waals surface area contributed by atoms with Gasteiger partial charge in [-0.25, -0.2) is 0 Å². The van der Waals surface area contributed by atoms with Crippen LogP contribution in [0, 0.1) is 11.3 Å². The number of rotatable bonds is 4. The number of carbonyl (C=O) groups is 1. The first-order valence-corrected chi connectivity index (χ1v) is 5.64. The lowest BCUT2D eigenvalue weighted by atomic mass is 9.61. The topological polar surface area (TPSA) is 55.8 Å². The normalized spacial score (nSPS) is 38.3. The summed E-state index contributed by atoms with van der Waals surface area (Å²) in [5.74, 6) is -0.320. The summed E-state index contributed by atoms with van der Waals surface area (Å²) in [4.78, 5) is 11.3. The summed E-state index contributed by atoms with van der Waals surface area (Å²) in [7, 11) is 1.56. The molecule has 0 unspecified atom stereocenters. The van der Waals surface area contributed by atoms with Crippen molar-refractivity contribution in [3.8, 4) is 0 Å². The molecule has 1 aliphatic carbocycles. The molecular weight excluding hydrogens is 208 g/mol. The fraction of sp³-hybridized carbons (Fsp3) is 0.917. The minimum atomic E-state index is -0.541. The summed E-state index contributed by atoms with van der Waals surface area (Å²) in [6.45, 7) is 5.90. The maximum absolute atomic E-state index is 11.3. The van der Waals surface area contributed by atoms with Gasteiger partial charge in [0.15, 0.2) is 0 Å². The van der Waals surface area contributed by atoms with E-state index in [0.717, 1.165) is 6.29 Å². The number of hydrogen-bond donors (Lipinski definition) is 1. The van der Waals surface area contributed by atoms with Crippen LogP contribution in [0.1, 0.15) is 33.6 Å². The Morgan fingerprint density at radius 2 is 2.06 bits per heavy atom. The number of hydrogen-bond acceptors (Lipinski definition) is 4. The molecule has 0 saturated heterocycles. The summed E-state index contributed by atoms with van der Waals surface area (Å²) in [6.07, 6.45) is 1.77. The van der Waals surface area contributed by atoms with E-state index in [1.807, 2.05) is 20.8 Å². The lowest BCUT2D eigenvalue weighted by Crippen LogP contribution is -2.55. The van der Waals surface area contributed by atoms with Gasteiger partial charge in [0.05, 0.1) is 17.6 Å². The van der Waals surface area contributed by atoms with Gasteiger partial charge in [0.1, 0.15) is 13.1 Å². The van der Waals surface area contributed by atoms with Gasteiger partial charge in [-0.2, -0.15) is 0 Å². The van der Waals surface area contributed by atoms with Crippen LogP contribution in [0.4, 0.5) is 0 Å². The molecule has 0 radical (unpaired) electrons. The van der Waals surface area contributed by atoms with E-state index in [2.05, 4.69) is 0 Å². The molecule has 4 heteroatoms. The molecule has 4 nitrogen and oxygen atoms in total. The Kier molecular flexibility index (Phi) is 4.10. The van der Waals surface area contributed by atoms with Crippen molar-refractivity contribution in [1.82, 2.24) is 0 Å². The van der Waals surface area contributed by atoms with Gasteiger partial charge in [-0.1, -0.05) is 13.8 Å². The van der Waals surface area contributed by atoms with Crippen molar-refractivity contribution in [2.24, 2.45) is 11.3 Å². The molecular formula is C12H22O4. The van der Waals surface area contributed by atoms with E-state index < -0.39 is 17.1 Å². The highest BCUT2D eigenvalue weighted by atomic mass is 16.7.